The summed E-state index contributed by atoms with van der Waals surface area (Å²) in [6.45, 7) is 0. The van der Waals surface area contributed by atoms with Gasteiger partial charge >= 0.3 is 0 Å². The number of ether oxygens (including phenoxy) is 1. The second-order valence-corrected chi connectivity index (χ2v) is 11.3. The Morgan fingerprint density at radius 1 is 1.00 bits per heavy atom. The number of H-pyrrole nitrogens is 1. The summed E-state index contributed by atoms with van der Waals surface area (Å²) in [7, 11) is 1.91. The highest BCUT2D eigenvalue weighted by molar-refractivity contribution is 6.16. The molecule has 1 amide bonds. The molecule has 0 saturated heterocycles. The second kappa shape index (κ2) is 10.1. The molecule has 7 rings (SSSR count). The van der Waals surface area contributed by atoms with Crippen molar-refractivity contribution < 1.29 is 9.53 Å². The largest absolute Gasteiger partial charge is 0.490 e. The highest BCUT2D eigenvalue weighted by atomic mass is 16.5. The summed E-state index contributed by atoms with van der Waals surface area (Å²) in [5, 5.41) is 9.65. The van der Waals surface area contributed by atoms with Gasteiger partial charge in [-0.25, -0.2) is 0 Å². The fourth-order valence-corrected chi connectivity index (χ4v) is 6.02. The van der Waals surface area contributed by atoms with Crippen LogP contribution in [0.3, 0.4) is 0 Å². The predicted molar refractivity (Wildman–Crippen MR) is 157 cm³/mol. The summed E-state index contributed by atoms with van der Waals surface area (Å²) in [5.74, 6) is 0.792. The Morgan fingerprint density at radius 2 is 1.82 bits per heavy atom. The molecule has 2 aliphatic carbocycles. The maximum absolute atomic E-state index is 13.1. The first-order chi connectivity index (χ1) is 19.5. The molecule has 2 aromatic carbocycles. The zero-order chi connectivity index (χ0) is 27.2. The zero-order valence-corrected chi connectivity index (χ0v) is 22.7. The molecule has 40 heavy (non-hydrogen) atoms. The maximum atomic E-state index is 13.1. The highest BCUT2D eigenvalue weighted by Gasteiger charge is 2.25. The van der Waals surface area contributed by atoms with Crippen molar-refractivity contribution in [3.8, 4) is 28.1 Å². The predicted octanol–water partition coefficient (Wildman–Crippen LogP) is 5.71. The number of rotatable bonds is 6. The van der Waals surface area contributed by atoms with E-state index in [2.05, 4.69) is 33.6 Å². The van der Waals surface area contributed by atoms with E-state index in [1.54, 1.807) is 4.68 Å². The van der Waals surface area contributed by atoms with Gasteiger partial charge in [0.15, 0.2) is 0 Å². The van der Waals surface area contributed by atoms with E-state index < -0.39 is 0 Å². The van der Waals surface area contributed by atoms with Crippen LogP contribution in [0.2, 0.25) is 0 Å². The lowest BCUT2D eigenvalue weighted by molar-refractivity contribution is 0.0921. The van der Waals surface area contributed by atoms with E-state index in [4.69, 9.17) is 15.5 Å². The van der Waals surface area contributed by atoms with Gasteiger partial charge in [-0.15, -0.1) is 0 Å². The van der Waals surface area contributed by atoms with Crippen molar-refractivity contribution in [3.05, 3.63) is 66.6 Å². The Balaban J connectivity index is 1.30. The third-order valence-electron chi connectivity index (χ3n) is 8.53. The van der Waals surface area contributed by atoms with Crippen LogP contribution in [0, 0.1) is 0 Å². The number of aryl methyl sites for hydroxylation is 1. The molecule has 2 atom stereocenters. The molecular weight excluding hydrogens is 500 g/mol. The third kappa shape index (κ3) is 4.52. The van der Waals surface area contributed by atoms with Gasteiger partial charge in [0.05, 0.1) is 29.7 Å². The lowest BCUT2D eigenvalue weighted by Gasteiger charge is -2.29. The summed E-state index contributed by atoms with van der Waals surface area (Å²) in [6.07, 6.45) is 13.4. The number of fused-ring (bicyclic) bond motifs is 3. The number of aromatic amines is 1. The number of carbonyl (C=O) groups excluding carboxylic acids is 1. The molecule has 4 N–H and O–H groups in total. The molecular formula is C32H34N6O2. The Bertz CT molecular complexity index is 1700. The smallest absolute Gasteiger partial charge is 0.251 e. The summed E-state index contributed by atoms with van der Waals surface area (Å²) in [6, 6.07) is 14.2. The highest BCUT2D eigenvalue weighted by Crippen LogP contribution is 2.43. The molecule has 5 aromatic rings. The van der Waals surface area contributed by atoms with Gasteiger partial charge in [0.2, 0.25) is 0 Å². The summed E-state index contributed by atoms with van der Waals surface area (Å²) < 4.78 is 8.32. The van der Waals surface area contributed by atoms with Crippen molar-refractivity contribution in [3.63, 3.8) is 0 Å². The quantitative estimate of drug-likeness (QED) is 0.258. The van der Waals surface area contributed by atoms with Crippen molar-refractivity contribution in [2.75, 3.05) is 0 Å². The van der Waals surface area contributed by atoms with Crippen LogP contribution in [0.1, 0.15) is 55.3 Å². The van der Waals surface area contributed by atoms with Crippen LogP contribution >= 0.6 is 0 Å². The number of hydrogen-bond acceptors (Lipinski definition) is 5. The third-order valence-corrected chi connectivity index (χ3v) is 8.53. The minimum absolute atomic E-state index is 0.0220. The number of nitrogens with one attached hydrogen (secondary N) is 2. The molecule has 2 saturated carbocycles. The van der Waals surface area contributed by atoms with Gasteiger partial charge in [0.25, 0.3) is 5.91 Å². The fourth-order valence-electron chi connectivity index (χ4n) is 6.02. The summed E-state index contributed by atoms with van der Waals surface area (Å²) in [5.41, 5.74) is 12.8. The first kappa shape index (κ1) is 24.8. The molecule has 3 heterocycles. The van der Waals surface area contributed by atoms with E-state index >= 15 is 0 Å². The fraction of sp³-hybridized carbons (Fsp3) is 0.344. The average molecular weight is 535 g/mol. The van der Waals surface area contributed by atoms with Crippen LogP contribution < -0.4 is 15.8 Å². The number of hydrogen-bond donors (Lipinski definition) is 3. The number of benzene rings is 2. The van der Waals surface area contributed by atoms with Crippen molar-refractivity contribution in [1.82, 2.24) is 25.1 Å². The van der Waals surface area contributed by atoms with E-state index in [1.165, 1.54) is 6.42 Å². The van der Waals surface area contributed by atoms with Crippen molar-refractivity contribution in [2.45, 2.75) is 63.1 Å². The van der Waals surface area contributed by atoms with Crippen LogP contribution in [0.5, 0.6) is 5.75 Å². The molecule has 2 fully saturated rings. The van der Waals surface area contributed by atoms with E-state index in [1.807, 2.05) is 49.9 Å². The van der Waals surface area contributed by atoms with Crippen LogP contribution in [-0.4, -0.2) is 43.8 Å². The number of amides is 1. The van der Waals surface area contributed by atoms with Crippen LogP contribution in [-0.2, 0) is 7.05 Å². The molecule has 2 unspecified atom stereocenters. The van der Waals surface area contributed by atoms with Crippen LogP contribution in [0.25, 0.3) is 44.2 Å². The average Bonchev–Trinajstić information content (AvgIpc) is 3.55. The van der Waals surface area contributed by atoms with Gasteiger partial charge in [-0.2, -0.15) is 5.10 Å². The van der Waals surface area contributed by atoms with Crippen molar-refractivity contribution in [2.24, 2.45) is 12.8 Å². The first-order valence-electron chi connectivity index (χ1n) is 14.3. The molecule has 0 radical (unpaired) electrons. The molecule has 8 nitrogen and oxygen atoms in total. The van der Waals surface area contributed by atoms with Gasteiger partial charge in [0.1, 0.15) is 5.75 Å². The van der Waals surface area contributed by atoms with E-state index in [0.717, 1.165) is 88.5 Å². The van der Waals surface area contributed by atoms with Gasteiger partial charge in [-0.05, 0) is 68.0 Å². The Labute approximate surface area is 232 Å². The van der Waals surface area contributed by atoms with Gasteiger partial charge in [-0.3, -0.25) is 14.5 Å². The molecule has 204 valence electrons. The van der Waals surface area contributed by atoms with E-state index in [0.29, 0.717) is 5.56 Å². The van der Waals surface area contributed by atoms with Gasteiger partial charge < -0.3 is 20.8 Å². The molecule has 8 heteroatoms. The Kier molecular flexibility index (Phi) is 6.27. The maximum Gasteiger partial charge on any atom is 0.251 e. The Hall–Kier alpha value is -4.17. The number of nitrogens with zero attached hydrogens (tertiary/aromatic N) is 3. The molecule has 2 aliphatic rings. The van der Waals surface area contributed by atoms with E-state index in [9.17, 15) is 4.79 Å². The van der Waals surface area contributed by atoms with E-state index in [-0.39, 0.29) is 24.1 Å². The van der Waals surface area contributed by atoms with Gasteiger partial charge in [-0.1, -0.05) is 25.0 Å². The minimum Gasteiger partial charge on any atom is -0.490 e. The molecule has 0 spiro atoms. The Morgan fingerprint density at radius 3 is 2.55 bits per heavy atom. The second-order valence-electron chi connectivity index (χ2n) is 11.3. The number of pyridine rings is 1. The van der Waals surface area contributed by atoms with Crippen LogP contribution in [0.15, 0.2) is 61.1 Å². The topological polar surface area (TPSA) is 111 Å². The monoisotopic (exact) mass is 534 g/mol. The molecule has 0 aliphatic heterocycles. The first-order valence-corrected chi connectivity index (χ1v) is 14.3. The SMILES string of the molecule is Cn1cc(-c2cc3c(cn2)[nH]c2ccc(OC4CCC4)c(-c4ccc(C(=O)NC5CCCCC5N)cc4)c23)cn1. The standard InChI is InChI=1S/C32H34N6O2/c1-38-18-21(16-35-38)27-15-23-28(17-34-27)36-26-13-14-29(40-22-5-4-6-22)30(31(23)26)19-9-11-20(12-10-19)32(39)37-25-8-3-2-7-24(25)33/h9-18,22,24-25,36H,2-8,33H2,1H3,(H,37,39). The lowest BCUT2D eigenvalue weighted by atomic mass is 9.90. The number of aromatic nitrogens is 4. The van der Waals surface area contributed by atoms with Gasteiger partial charge in [0, 0.05) is 58.3 Å². The van der Waals surface area contributed by atoms with Crippen LogP contribution in [0.4, 0.5) is 0 Å². The summed E-state index contributed by atoms with van der Waals surface area (Å²) >= 11 is 0. The minimum atomic E-state index is -0.0719. The number of carbonyl (C=O) groups is 1. The zero-order valence-electron chi connectivity index (χ0n) is 22.7. The number of nitrogens with two attached hydrogens (primary N) is 1. The normalized spacial score (nSPS) is 19.6. The lowest BCUT2D eigenvalue weighted by Crippen LogP contribution is -2.49. The molecule has 3 aromatic heterocycles. The van der Waals surface area contributed by atoms with Crippen molar-refractivity contribution >= 4 is 27.7 Å². The summed E-state index contributed by atoms with van der Waals surface area (Å²) in [4.78, 5) is 21.3. The van der Waals surface area contributed by atoms with Crippen molar-refractivity contribution in [1.29, 1.82) is 0 Å². The molecule has 0 bridgehead atoms.